The second-order valence-corrected chi connectivity index (χ2v) is 6.13. The summed E-state index contributed by atoms with van der Waals surface area (Å²) in [7, 11) is 3.63. The van der Waals surface area contributed by atoms with Gasteiger partial charge < -0.3 is 19.8 Å². The molecule has 2 rings (SSSR count). The molecule has 1 aliphatic carbocycles. The van der Waals surface area contributed by atoms with E-state index in [1.165, 1.54) is 6.42 Å². The van der Waals surface area contributed by atoms with E-state index < -0.39 is 6.10 Å². The minimum Gasteiger partial charge on any atom is -0.497 e. The number of likely N-dealkylation sites (N-methyl/N-ethyl adjacent to an activating group) is 1. The summed E-state index contributed by atoms with van der Waals surface area (Å²) in [5, 5.41) is 20.4. The van der Waals surface area contributed by atoms with Gasteiger partial charge in [0.05, 0.1) is 19.3 Å². The topological polar surface area (TPSA) is 52.9 Å². The predicted octanol–water partition coefficient (Wildman–Crippen LogP) is 2.21. The lowest BCUT2D eigenvalue weighted by Crippen LogP contribution is -2.36. The van der Waals surface area contributed by atoms with Crippen molar-refractivity contribution in [2.24, 2.45) is 5.92 Å². The van der Waals surface area contributed by atoms with E-state index in [-0.39, 0.29) is 6.10 Å². The highest BCUT2D eigenvalue weighted by molar-refractivity contribution is 5.29. The van der Waals surface area contributed by atoms with Crippen LogP contribution in [0.5, 0.6) is 5.75 Å². The van der Waals surface area contributed by atoms with Crippen LogP contribution in [-0.2, 0) is 0 Å². The van der Waals surface area contributed by atoms with Gasteiger partial charge in [-0.1, -0.05) is 25.0 Å². The summed E-state index contributed by atoms with van der Waals surface area (Å²) in [6.45, 7) is 1.40. The maximum absolute atomic E-state index is 10.3. The van der Waals surface area contributed by atoms with Crippen molar-refractivity contribution < 1.29 is 14.9 Å². The molecule has 0 aliphatic heterocycles. The SMILES string of the molecule is COc1cccc(C(O)CN(C)CC2CCCCC2O)c1. The molecule has 3 atom stereocenters. The van der Waals surface area contributed by atoms with Gasteiger partial charge in [-0.2, -0.15) is 0 Å². The summed E-state index contributed by atoms with van der Waals surface area (Å²) in [6, 6.07) is 7.55. The van der Waals surface area contributed by atoms with Gasteiger partial charge in [0.1, 0.15) is 5.75 Å². The van der Waals surface area contributed by atoms with E-state index in [4.69, 9.17) is 4.74 Å². The lowest BCUT2D eigenvalue weighted by molar-refractivity contribution is 0.0400. The fourth-order valence-corrected chi connectivity index (χ4v) is 3.13. The smallest absolute Gasteiger partial charge is 0.119 e. The predicted molar refractivity (Wildman–Crippen MR) is 83.4 cm³/mol. The monoisotopic (exact) mass is 293 g/mol. The highest BCUT2D eigenvalue weighted by Crippen LogP contribution is 2.26. The number of hydrogen-bond donors (Lipinski definition) is 2. The number of rotatable bonds is 6. The molecule has 0 radical (unpaired) electrons. The van der Waals surface area contributed by atoms with Gasteiger partial charge in [0.25, 0.3) is 0 Å². The molecule has 4 heteroatoms. The molecule has 1 aromatic carbocycles. The number of benzene rings is 1. The fourth-order valence-electron chi connectivity index (χ4n) is 3.13. The summed E-state index contributed by atoms with van der Waals surface area (Å²) in [6.07, 6.45) is 3.61. The Hall–Kier alpha value is -1.10. The first-order valence-corrected chi connectivity index (χ1v) is 7.78. The summed E-state index contributed by atoms with van der Waals surface area (Å²) in [5.41, 5.74) is 0.866. The molecule has 0 saturated heterocycles. The van der Waals surface area contributed by atoms with Crippen LogP contribution in [0.2, 0.25) is 0 Å². The molecular formula is C17H27NO3. The largest absolute Gasteiger partial charge is 0.497 e. The van der Waals surface area contributed by atoms with Crippen molar-refractivity contribution in [2.45, 2.75) is 37.9 Å². The van der Waals surface area contributed by atoms with Gasteiger partial charge in [-0.25, -0.2) is 0 Å². The molecular weight excluding hydrogens is 266 g/mol. The van der Waals surface area contributed by atoms with E-state index >= 15 is 0 Å². The maximum Gasteiger partial charge on any atom is 0.119 e. The van der Waals surface area contributed by atoms with E-state index in [1.807, 2.05) is 31.3 Å². The molecule has 21 heavy (non-hydrogen) atoms. The number of aliphatic hydroxyl groups excluding tert-OH is 2. The quantitative estimate of drug-likeness (QED) is 0.844. The van der Waals surface area contributed by atoms with E-state index in [0.717, 1.165) is 37.1 Å². The molecule has 1 aromatic rings. The standard InChI is InChI=1S/C17H27NO3/c1-18(11-14-6-3-4-9-16(14)19)12-17(20)13-7-5-8-15(10-13)21-2/h5,7-8,10,14,16-17,19-20H,3-4,6,9,11-12H2,1-2H3. The maximum atomic E-state index is 10.3. The Labute approximate surface area is 127 Å². The van der Waals surface area contributed by atoms with Crippen LogP contribution in [0.1, 0.15) is 37.4 Å². The molecule has 0 heterocycles. The Bertz CT molecular complexity index is 438. The molecule has 118 valence electrons. The molecule has 1 fully saturated rings. The van der Waals surface area contributed by atoms with E-state index in [0.29, 0.717) is 12.5 Å². The Kier molecular flexibility index (Phi) is 6.03. The second kappa shape index (κ2) is 7.78. The third-order valence-corrected chi connectivity index (χ3v) is 4.38. The van der Waals surface area contributed by atoms with Gasteiger partial charge in [0, 0.05) is 13.1 Å². The van der Waals surface area contributed by atoms with Gasteiger partial charge in [0.15, 0.2) is 0 Å². The van der Waals surface area contributed by atoms with Gasteiger partial charge in [-0.15, -0.1) is 0 Å². The normalized spacial score (nSPS) is 24.0. The summed E-state index contributed by atoms with van der Waals surface area (Å²) >= 11 is 0. The number of methoxy groups -OCH3 is 1. The van der Waals surface area contributed by atoms with Crippen molar-refractivity contribution in [1.29, 1.82) is 0 Å². The molecule has 4 nitrogen and oxygen atoms in total. The van der Waals surface area contributed by atoms with Crippen molar-refractivity contribution in [3.05, 3.63) is 29.8 Å². The van der Waals surface area contributed by atoms with Crippen LogP contribution >= 0.6 is 0 Å². The number of hydrogen-bond acceptors (Lipinski definition) is 4. The van der Waals surface area contributed by atoms with Crippen LogP contribution in [0, 0.1) is 5.92 Å². The summed E-state index contributed by atoms with van der Waals surface area (Å²) in [5.74, 6) is 1.10. The van der Waals surface area contributed by atoms with Crippen LogP contribution in [0.25, 0.3) is 0 Å². The summed E-state index contributed by atoms with van der Waals surface area (Å²) in [4.78, 5) is 2.11. The Morgan fingerprint density at radius 3 is 2.81 bits per heavy atom. The highest BCUT2D eigenvalue weighted by atomic mass is 16.5. The van der Waals surface area contributed by atoms with Crippen molar-refractivity contribution in [1.82, 2.24) is 4.90 Å². The van der Waals surface area contributed by atoms with Crippen molar-refractivity contribution in [3.63, 3.8) is 0 Å². The average Bonchev–Trinajstić information content (AvgIpc) is 2.49. The van der Waals surface area contributed by atoms with Crippen molar-refractivity contribution >= 4 is 0 Å². The van der Waals surface area contributed by atoms with Gasteiger partial charge in [-0.05, 0) is 43.5 Å². The van der Waals surface area contributed by atoms with Crippen LogP contribution in [-0.4, -0.2) is 48.5 Å². The van der Waals surface area contributed by atoms with Crippen molar-refractivity contribution in [2.75, 3.05) is 27.2 Å². The Morgan fingerprint density at radius 2 is 2.10 bits per heavy atom. The zero-order chi connectivity index (χ0) is 15.2. The van der Waals surface area contributed by atoms with Crippen LogP contribution in [0.3, 0.4) is 0 Å². The highest BCUT2D eigenvalue weighted by Gasteiger charge is 2.24. The zero-order valence-corrected chi connectivity index (χ0v) is 13.0. The fraction of sp³-hybridized carbons (Fsp3) is 0.647. The van der Waals surface area contributed by atoms with Crippen LogP contribution in [0.15, 0.2) is 24.3 Å². The first kappa shape index (κ1) is 16.3. The molecule has 1 saturated carbocycles. The average molecular weight is 293 g/mol. The molecule has 1 aliphatic rings. The minimum atomic E-state index is -0.536. The number of ether oxygens (including phenoxy) is 1. The van der Waals surface area contributed by atoms with E-state index in [9.17, 15) is 10.2 Å². The van der Waals surface area contributed by atoms with Crippen LogP contribution in [0.4, 0.5) is 0 Å². The van der Waals surface area contributed by atoms with E-state index in [2.05, 4.69) is 4.90 Å². The lowest BCUT2D eigenvalue weighted by atomic mass is 9.86. The third-order valence-electron chi connectivity index (χ3n) is 4.38. The molecule has 2 N–H and O–H groups in total. The molecule has 0 spiro atoms. The first-order valence-electron chi connectivity index (χ1n) is 7.78. The number of aliphatic hydroxyl groups is 2. The second-order valence-electron chi connectivity index (χ2n) is 6.13. The lowest BCUT2D eigenvalue weighted by Gasteiger charge is -2.32. The van der Waals surface area contributed by atoms with Crippen LogP contribution < -0.4 is 4.74 Å². The Morgan fingerprint density at radius 1 is 1.33 bits per heavy atom. The minimum absolute atomic E-state index is 0.185. The van der Waals surface area contributed by atoms with Gasteiger partial charge >= 0.3 is 0 Å². The molecule has 0 bridgehead atoms. The molecule has 0 amide bonds. The Balaban J connectivity index is 1.87. The molecule has 3 unspecified atom stereocenters. The van der Waals surface area contributed by atoms with Gasteiger partial charge in [-0.3, -0.25) is 0 Å². The first-order chi connectivity index (χ1) is 10.1. The zero-order valence-electron chi connectivity index (χ0n) is 13.0. The third kappa shape index (κ3) is 4.70. The van der Waals surface area contributed by atoms with Crippen molar-refractivity contribution in [3.8, 4) is 5.75 Å². The summed E-state index contributed by atoms with van der Waals surface area (Å²) < 4.78 is 5.19. The van der Waals surface area contributed by atoms with Gasteiger partial charge in [0.2, 0.25) is 0 Å². The molecule has 0 aromatic heterocycles. The number of nitrogens with zero attached hydrogens (tertiary/aromatic N) is 1. The van der Waals surface area contributed by atoms with E-state index in [1.54, 1.807) is 7.11 Å².